The van der Waals surface area contributed by atoms with Crippen LogP contribution in [0.15, 0.2) is 42.5 Å². The number of carbonyl (C=O) groups excluding carboxylic acids is 1. The molecule has 0 spiro atoms. The molecule has 2 fully saturated rings. The van der Waals surface area contributed by atoms with Crippen LogP contribution in [0.5, 0.6) is 17.2 Å². The van der Waals surface area contributed by atoms with Gasteiger partial charge in [-0.3, -0.25) is 4.79 Å². The molecule has 2 bridgehead atoms. The predicted octanol–water partition coefficient (Wildman–Crippen LogP) is 3.85. The number of benzene rings is 2. The van der Waals surface area contributed by atoms with Crippen LogP contribution in [0.4, 0.5) is 5.69 Å². The molecule has 3 aliphatic heterocycles. The molecule has 2 unspecified atom stereocenters. The van der Waals surface area contributed by atoms with Gasteiger partial charge in [-0.05, 0) is 61.4 Å². The average Bonchev–Trinajstić information content (AvgIpc) is 3.32. The van der Waals surface area contributed by atoms with Crippen LogP contribution in [-0.2, 0) is 11.4 Å². The average molecular weight is 394 g/mol. The lowest BCUT2D eigenvalue weighted by molar-refractivity contribution is -0.117. The number of ether oxygens (including phenoxy) is 3. The minimum Gasteiger partial charge on any atom is -0.489 e. The molecule has 2 saturated heterocycles. The van der Waals surface area contributed by atoms with Gasteiger partial charge in [0.2, 0.25) is 12.7 Å². The molecule has 3 heterocycles. The molecule has 5 rings (SSSR count). The lowest BCUT2D eigenvalue weighted by Crippen LogP contribution is -2.39. The van der Waals surface area contributed by atoms with Crippen molar-refractivity contribution in [3.05, 3.63) is 48.0 Å². The minimum absolute atomic E-state index is 0.102. The lowest BCUT2D eigenvalue weighted by Gasteiger charge is -2.28. The predicted molar refractivity (Wildman–Crippen MR) is 109 cm³/mol. The number of rotatable bonds is 6. The van der Waals surface area contributed by atoms with Gasteiger partial charge in [0.15, 0.2) is 11.5 Å². The fraction of sp³-hybridized carbons (Fsp3) is 0.435. The number of hydrogen-bond acceptors (Lipinski definition) is 5. The molecule has 2 atom stereocenters. The Balaban J connectivity index is 1.15. The summed E-state index contributed by atoms with van der Waals surface area (Å²) in [6.45, 7) is 0.667. The smallest absolute Gasteiger partial charge is 0.231 e. The van der Waals surface area contributed by atoms with E-state index in [0.29, 0.717) is 36.8 Å². The molecule has 152 valence electrons. The Morgan fingerprint density at radius 2 is 1.90 bits per heavy atom. The van der Waals surface area contributed by atoms with Crippen molar-refractivity contribution in [2.24, 2.45) is 5.92 Å². The van der Waals surface area contributed by atoms with Crippen molar-refractivity contribution in [3.8, 4) is 17.2 Å². The molecule has 0 aliphatic carbocycles. The highest BCUT2D eigenvalue weighted by molar-refractivity contribution is 5.90. The van der Waals surface area contributed by atoms with E-state index >= 15 is 0 Å². The van der Waals surface area contributed by atoms with Crippen molar-refractivity contribution in [2.75, 3.05) is 12.1 Å². The summed E-state index contributed by atoms with van der Waals surface area (Å²) in [5, 5.41) is 6.69. The maximum absolute atomic E-state index is 12.5. The summed E-state index contributed by atoms with van der Waals surface area (Å²) in [5.74, 6) is 2.76. The second-order valence-corrected chi connectivity index (χ2v) is 8.23. The van der Waals surface area contributed by atoms with Crippen LogP contribution in [0.2, 0.25) is 0 Å². The summed E-state index contributed by atoms with van der Waals surface area (Å²) in [7, 11) is 0. The first-order valence-corrected chi connectivity index (χ1v) is 10.4. The summed E-state index contributed by atoms with van der Waals surface area (Å²) in [6, 6.07) is 14.6. The third-order valence-corrected chi connectivity index (χ3v) is 6.01. The van der Waals surface area contributed by atoms with Crippen LogP contribution in [0.25, 0.3) is 0 Å². The van der Waals surface area contributed by atoms with Gasteiger partial charge in [-0.1, -0.05) is 12.1 Å². The van der Waals surface area contributed by atoms with Crippen LogP contribution in [-0.4, -0.2) is 24.8 Å². The van der Waals surface area contributed by atoms with Crippen molar-refractivity contribution in [1.29, 1.82) is 0 Å². The van der Waals surface area contributed by atoms with E-state index in [0.717, 1.165) is 35.6 Å². The zero-order chi connectivity index (χ0) is 19.6. The van der Waals surface area contributed by atoms with Crippen LogP contribution >= 0.6 is 0 Å². The Hall–Kier alpha value is -2.73. The van der Waals surface area contributed by atoms with Gasteiger partial charge in [-0.25, -0.2) is 0 Å². The molecule has 29 heavy (non-hydrogen) atoms. The Morgan fingerprint density at radius 1 is 1.07 bits per heavy atom. The van der Waals surface area contributed by atoms with E-state index in [4.69, 9.17) is 14.2 Å². The number of anilines is 1. The molecular formula is C23H26N2O4. The van der Waals surface area contributed by atoms with Gasteiger partial charge in [0.05, 0.1) is 0 Å². The lowest BCUT2D eigenvalue weighted by atomic mass is 9.89. The molecule has 1 amide bonds. The third-order valence-electron chi connectivity index (χ3n) is 6.01. The molecular weight excluding hydrogens is 368 g/mol. The summed E-state index contributed by atoms with van der Waals surface area (Å²) < 4.78 is 16.6. The van der Waals surface area contributed by atoms with Gasteiger partial charge in [-0.15, -0.1) is 0 Å². The second kappa shape index (κ2) is 7.95. The van der Waals surface area contributed by atoms with Gasteiger partial charge in [-0.2, -0.15) is 0 Å². The summed E-state index contributed by atoms with van der Waals surface area (Å²) in [5.41, 5.74) is 1.82. The van der Waals surface area contributed by atoms with E-state index in [-0.39, 0.29) is 12.7 Å². The van der Waals surface area contributed by atoms with Gasteiger partial charge in [0, 0.05) is 30.3 Å². The van der Waals surface area contributed by atoms with E-state index in [9.17, 15) is 4.79 Å². The largest absolute Gasteiger partial charge is 0.489 e. The Labute approximate surface area is 170 Å². The van der Waals surface area contributed by atoms with Crippen LogP contribution in [0.3, 0.4) is 0 Å². The topological polar surface area (TPSA) is 68.8 Å². The summed E-state index contributed by atoms with van der Waals surface area (Å²) >= 11 is 0. The second-order valence-electron chi connectivity index (χ2n) is 8.23. The third kappa shape index (κ3) is 4.32. The van der Waals surface area contributed by atoms with Crippen molar-refractivity contribution in [1.82, 2.24) is 5.32 Å². The Bertz CT molecular complexity index is 888. The Morgan fingerprint density at radius 3 is 2.76 bits per heavy atom. The van der Waals surface area contributed by atoms with Crippen molar-refractivity contribution < 1.29 is 19.0 Å². The maximum Gasteiger partial charge on any atom is 0.231 e. The number of amides is 1. The van der Waals surface area contributed by atoms with Crippen LogP contribution in [0, 0.1) is 5.92 Å². The van der Waals surface area contributed by atoms with Crippen molar-refractivity contribution in [2.45, 2.75) is 50.8 Å². The molecule has 2 aromatic carbocycles. The molecule has 0 aromatic heterocycles. The standard InChI is InChI=1S/C23H26N2O4/c26-23(11-16-9-18-4-5-19(10-16)24-18)25-17-3-1-2-15(8-17)13-27-20-6-7-21-22(12-20)29-14-28-21/h1-3,6-8,12,16,18-19,24H,4-5,9-11,13-14H2,(H,25,26). The first kappa shape index (κ1) is 18.3. The highest BCUT2D eigenvalue weighted by Gasteiger charge is 2.34. The van der Waals surface area contributed by atoms with Gasteiger partial charge in [0.1, 0.15) is 12.4 Å². The Kier molecular flexibility index (Phi) is 5.02. The zero-order valence-electron chi connectivity index (χ0n) is 16.4. The van der Waals surface area contributed by atoms with Crippen molar-refractivity contribution in [3.63, 3.8) is 0 Å². The minimum atomic E-state index is 0.102. The van der Waals surface area contributed by atoms with E-state index in [1.807, 2.05) is 42.5 Å². The number of nitrogens with one attached hydrogen (secondary N) is 2. The molecule has 3 aliphatic rings. The monoisotopic (exact) mass is 394 g/mol. The normalized spacial score (nSPS) is 24.3. The molecule has 0 saturated carbocycles. The zero-order valence-corrected chi connectivity index (χ0v) is 16.4. The van der Waals surface area contributed by atoms with Gasteiger partial charge >= 0.3 is 0 Å². The number of hydrogen-bond donors (Lipinski definition) is 2. The summed E-state index contributed by atoms with van der Waals surface area (Å²) in [6.07, 6.45) is 5.36. The summed E-state index contributed by atoms with van der Waals surface area (Å²) in [4.78, 5) is 12.5. The first-order valence-electron chi connectivity index (χ1n) is 10.4. The van der Waals surface area contributed by atoms with E-state index in [1.165, 1.54) is 12.8 Å². The molecule has 6 nitrogen and oxygen atoms in total. The quantitative estimate of drug-likeness (QED) is 0.779. The number of fused-ring (bicyclic) bond motifs is 3. The van der Waals surface area contributed by atoms with E-state index in [2.05, 4.69) is 10.6 Å². The van der Waals surface area contributed by atoms with Gasteiger partial charge < -0.3 is 24.8 Å². The molecule has 2 N–H and O–H groups in total. The SMILES string of the molecule is O=C(CC1CC2CCC(C1)N2)Nc1cccc(COc2ccc3c(c2)OCO3)c1. The number of carbonyl (C=O) groups is 1. The maximum atomic E-state index is 12.5. The van der Waals surface area contributed by atoms with E-state index in [1.54, 1.807) is 0 Å². The van der Waals surface area contributed by atoms with Crippen LogP contribution < -0.4 is 24.8 Å². The molecule has 0 radical (unpaired) electrons. The van der Waals surface area contributed by atoms with Crippen molar-refractivity contribution >= 4 is 11.6 Å². The first-order chi connectivity index (χ1) is 14.2. The molecule has 6 heteroatoms. The van der Waals surface area contributed by atoms with Gasteiger partial charge in [0.25, 0.3) is 0 Å². The number of piperidine rings is 1. The highest BCUT2D eigenvalue weighted by atomic mass is 16.7. The fourth-order valence-electron chi connectivity index (χ4n) is 4.69. The van der Waals surface area contributed by atoms with E-state index < -0.39 is 0 Å². The fourth-order valence-corrected chi connectivity index (χ4v) is 4.69. The van der Waals surface area contributed by atoms with Crippen LogP contribution in [0.1, 0.15) is 37.7 Å². The molecule has 2 aromatic rings. The highest BCUT2D eigenvalue weighted by Crippen LogP contribution is 2.35.